The molecule has 6 nitrogen and oxygen atoms in total. The van der Waals surface area contributed by atoms with Gasteiger partial charge in [0.1, 0.15) is 17.3 Å². The van der Waals surface area contributed by atoms with E-state index in [9.17, 15) is 14.7 Å². The second-order valence-electron chi connectivity index (χ2n) is 8.40. The van der Waals surface area contributed by atoms with Crippen LogP contribution in [-0.4, -0.2) is 30.5 Å². The van der Waals surface area contributed by atoms with Gasteiger partial charge in [-0.15, -0.1) is 0 Å². The lowest BCUT2D eigenvalue weighted by Gasteiger charge is -2.26. The SMILES string of the molecule is CCOc1ccc(/C(O)=C2/C(=O)C(=O)N(c3cccc(OC)c3)C2c2cccc3ccccc23)cc1. The zero-order valence-electron chi connectivity index (χ0n) is 20.0. The summed E-state index contributed by atoms with van der Waals surface area (Å²) in [6, 6.07) is 26.5. The maximum Gasteiger partial charge on any atom is 0.300 e. The predicted octanol–water partition coefficient (Wildman–Crippen LogP) is 5.87. The Morgan fingerprint density at radius 1 is 0.889 bits per heavy atom. The van der Waals surface area contributed by atoms with Gasteiger partial charge in [-0.05, 0) is 59.7 Å². The molecule has 1 aliphatic heterocycles. The van der Waals surface area contributed by atoms with Crippen molar-refractivity contribution >= 4 is 33.9 Å². The summed E-state index contributed by atoms with van der Waals surface area (Å²) in [5.41, 5.74) is 1.69. The number of ketones is 1. The van der Waals surface area contributed by atoms with E-state index < -0.39 is 17.7 Å². The third-order valence-corrected chi connectivity index (χ3v) is 6.33. The number of benzene rings is 4. The van der Waals surface area contributed by atoms with E-state index in [0.29, 0.717) is 29.4 Å². The Morgan fingerprint density at radius 2 is 1.61 bits per heavy atom. The molecule has 1 unspecified atom stereocenters. The van der Waals surface area contributed by atoms with Gasteiger partial charge in [-0.1, -0.05) is 48.5 Å². The van der Waals surface area contributed by atoms with Gasteiger partial charge in [0.25, 0.3) is 11.7 Å². The molecular formula is C30H25NO5. The molecular weight excluding hydrogens is 454 g/mol. The van der Waals surface area contributed by atoms with Crippen LogP contribution in [0.25, 0.3) is 16.5 Å². The van der Waals surface area contributed by atoms with Crippen molar-refractivity contribution in [3.05, 3.63) is 108 Å². The summed E-state index contributed by atoms with van der Waals surface area (Å²) in [7, 11) is 1.54. The van der Waals surface area contributed by atoms with Crippen LogP contribution < -0.4 is 14.4 Å². The van der Waals surface area contributed by atoms with Crippen LogP contribution in [0.2, 0.25) is 0 Å². The van der Waals surface area contributed by atoms with Crippen molar-refractivity contribution in [1.29, 1.82) is 0 Å². The minimum absolute atomic E-state index is 0.0309. The number of anilines is 1. The number of aliphatic hydroxyl groups is 1. The summed E-state index contributed by atoms with van der Waals surface area (Å²) in [6.07, 6.45) is 0. The first-order valence-electron chi connectivity index (χ1n) is 11.7. The lowest BCUT2D eigenvalue weighted by Crippen LogP contribution is -2.29. The number of hydrogen-bond acceptors (Lipinski definition) is 5. The minimum Gasteiger partial charge on any atom is -0.507 e. The highest BCUT2D eigenvalue weighted by Gasteiger charge is 2.47. The monoisotopic (exact) mass is 479 g/mol. The molecule has 1 aliphatic rings. The fourth-order valence-corrected chi connectivity index (χ4v) is 4.67. The molecule has 6 heteroatoms. The Bertz CT molecular complexity index is 1480. The van der Waals surface area contributed by atoms with Crippen molar-refractivity contribution < 1.29 is 24.2 Å². The molecule has 0 saturated carbocycles. The van der Waals surface area contributed by atoms with Gasteiger partial charge in [-0.25, -0.2) is 0 Å². The molecule has 0 spiro atoms. The number of Topliss-reactive ketones (excluding diaryl/α,β-unsaturated/α-hetero) is 1. The van der Waals surface area contributed by atoms with Gasteiger partial charge in [0.2, 0.25) is 0 Å². The zero-order chi connectivity index (χ0) is 25.2. The molecule has 4 aromatic carbocycles. The highest BCUT2D eigenvalue weighted by atomic mass is 16.5. The first-order chi connectivity index (χ1) is 17.5. The van der Waals surface area contributed by atoms with Crippen LogP contribution in [0.15, 0.2) is 96.6 Å². The average Bonchev–Trinajstić information content (AvgIpc) is 3.18. The largest absolute Gasteiger partial charge is 0.507 e. The number of rotatable bonds is 6. The Labute approximate surface area is 209 Å². The molecule has 1 heterocycles. The number of carbonyl (C=O) groups excluding carboxylic acids is 2. The lowest BCUT2D eigenvalue weighted by molar-refractivity contribution is -0.132. The summed E-state index contributed by atoms with van der Waals surface area (Å²) >= 11 is 0. The van der Waals surface area contributed by atoms with E-state index in [1.54, 1.807) is 55.6 Å². The molecule has 0 aromatic heterocycles. The normalized spacial score (nSPS) is 16.9. The van der Waals surface area contributed by atoms with E-state index in [1.807, 2.05) is 49.4 Å². The van der Waals surface area contributed by atoms with Crippen molar-refractivity contribution in [3.63, 3.8) is 0 Å². The van der Waals surface area contributed by atoms with Gasteiger partial charge >= 0.3 is 0 Å². The number of ether oxygens (including phenoxy) is 2. The lowest BCUT2D eigenvalue weighted by atomic mass is 9.91. The van der Waals surface area contributed by atoms with Crippen molar-refractivity contribution in [2.45, 2.75) is 13.0 Å². The molecule has 1 atom stereocenters. The van der Waals surface area contributed by atoms with Crippen molar-refractivity contribution in [1.82, 2.24) is 0 Å². The van der Waals surface area contributed by atoms with Crippen molar-refractivity contribution in [2.75, 3.05) is 18.6 Å². The number of methoxy groups -OCH3 is 1. The standard InChI is InChI=1S/C30H25NO5/c1-3-36-22-16-14-20(15-17-22)28(32)26-27(25-13-6-9-19-8-4-5-12-24(19)25)31(30(34)29(26)33)21-10-7-11-23(18-21)35-2/h4-18,27,32H,3H2,1-2H3/b28-26-. The van der Waals surface area contributed by atoms with E-state index in [-0.39, 0.29) is 11.3 Å². The van der Waals surface area contributed by atoms with Crippen LogP contribution in [0, 0.1) is 0 Å². The number of amides is 1. The summed E-state index contributed by atoms with van der Waals surface area (Å²) in [4.78, 5) is 28.4. The van der Waals surface area contributed by atoms with E-state index in [1.165, 1.54) is 4.90 Å². The fraction of sp³-hybridized carbons (Fsp3) is 0.133. The van der Waals surface area contributed by atoms with E-state index in [2.05, 4.69) is 0 Å². The third-order valence-electron chi connectivity index (χ3n) is 6.33. The van der Waals surface area contributed by atoms with Crippen LogP contribution in [0.3, 0.4) is 0 Å². The van der Waals surface area contributed by atoms with Gasteiger partial charge in [0, 0.05) is 17.3 Å². The number of carbonyl (C=O) groups is 2. The highest BCUT2D eigenvalue weighted by Crippen LogP contribution is 2.44. The Hall–Kier alpha value is -4.58. The number of hydrogen-bond donors (Lipinski definition) is 1. The second kappa shape index (κ2) is 9.58. The molecule has 1 N–H and O–H groups in total. The number of nitrogens with zero attached hydrogens (tertiary/aromatic N) is 1. The van der Waals surface area contributed by atoms with Crippen LogP contribution in [0.4, 0.5) is 5.69 Å². The average molecular weight is 480 g/mol. The summed E-state index contributed by atoms with van der Waals surface area (Å²) in [5.74, 6) is -0.496. The number of aliphatic hydroxyl groups excluding tert-OH is 1. The topological polar surface area (TPSA) is 76.1 Å². The van der Waals surface area contributed by atoms with Crippen molar-refractivity contribution in [3.8, 4) is 11.5 Å². The third kappa shape index (κ3) is 3.96. The molecule has 0 radical (unpaired) electrons. The Balaban J connectivity index is 1.75. The first-order valence-corrected chi connectivity index (χ1v) is 11.7. The van der Waals surface area contributed by atoms with Gasteiger partial charge in [-0.3, -0.25) is 14.5 Å². The molecule has 0 bridgehead atoms. The molecule has 5 rings (SSSR count). The van der Waals surface area contributed by atoms with Gasteiger partial charge in [-0.2, -0.15) is 0 Å². The van der Waals surface area contributed by atoms with E-state index in [4.69, 9.17) is 9.47 Å². The molecule has 1 fully saturated rings. The maximum absolute atomic E-state index is 13.5. The quantitative estimate of drug-likeness (QED) is 0.213. The molecule has 0 aliphatic carbocycles. The summed E-state index contributed by atoms with van der Waals surface area (Å²) in [6.45, 7) is 2.40. The first kappa shape index (κ1) is 23.2. The maximum atomic E-state index is 13.5. The Kier molecular flexibility index (Phi) is 6.17. The van der Waals surface area contributed by atoms with Crippen LogP contribution in [-0.2, 0) is 9.59 Å². The molecule has 36 heavy (non-hydrogen) atoms. The second-order valence-corrected chi connectivity index (χ2v) is 8.40. The van der Waals surface area contributed by atoms with E-state index in [0.717, 1.165) is 16.3 Å². The summed E-state index contributed by atoms with van der Waals surface area (Å²) in [5, 5.41) is 13.3. The Morgan fingerprint density at radius 3 is 2.36 bits per heavy atom. The van der Waals surface area contributed by atoms with Gasteiger partial charge in [0.05, 0.1) is 25.3 Å². The van der Waals surface area contributed by atoms with Gasteiger partial charge in [0.15, 0.2) is 0 Å². The molecule has 180 valence electrons. The van der Waals surface area contributed by atoms with E-state index >= 15 is 0 Å². The molecule has 1 saturated heterocycles. The number of fused-ring (bicyclic) bond motifs is 1. The fourth-order valence-electron chi connectivity index (χ4n) is 4.67. The molecule has 1 amide bonds. The van der Waals surface area contributed by atoms with Crippen LogP contribution in [0.1, 0.15) is 24.1 Å². The van der Waals surface area contributed by atoms with Gasteiger partial charge < -0.3 is 14.6 Å². The van der Waals surface area contributed by atoms with Crippen LogP contribution >= 0.6 is 0 Å². The predicted molar refractivity (Wildman–Crippen MR) is 139 cm³/mol. The highest BCUT2D eigenvalue weighted by molar-refractivity contribution is 6.51. The zero-order valence-corrected chi connectivity index (χ0v) is 20.0. The smallest absolute Gasteiger partial charge is 0.300 e. The van der Waals surface area contributed by atoms with Crippen LogP contribution in [0.5, 0.6) is 11.5 Å². The minimum atomic E-state index is -0.838. The van der Waals surface area contributed by atoms with Crippen molar-refractivity contribution in [2.24, 2.45) is 0 Å². The summed E-state index contributed by atoms with van der Waals surface area (Å²) < 4.78 is 10.9. The molecule has 4 aromatic rings.